The largest absolute Gasteiger partial charge is 0.493 e. The van der Waals surface area contributed by atoms with Gasteiger partial charge in [0.05, 0.1) is 28.2 Å². The van der Waals surface area contributed by atoms with Gasteiger partial charge in [-0.2, -0.15) is 0 Å². The van der Waals surface area contributed by atoms with Crippen LogP contribution in [0.25, 0.3) is 10.9 Å². The summed E-state index contributed by atoms with van der Waals surface area (Å²) in [5.74, 6) is -0.536. The first-order valence-corrected chi connectivity index (χ1v) is 10.1. The Labute approximate surface area is 182 Å². The fourth-order valence-corrected chi connectivity index (χ4v) is 3.73. The average Bonchev–Trinajstić information content (AvgIpc) is 2.77. The maximum Gasteiger partial charge on any atom is 0.215 e. The van der Waals surface area contributed by atoms with E-state index in [1.165, 1.54) is 25.6 Å². The minimum absolute atomic E-state index is 0.0221. The van der Waals surface area contributed by atoms with Crippen molar-refractivity contribution in [3.63, 3.8) is 0 Å². The number of piperidine rings is 1. The zero-order valence-corrected chi connectivity index (χ0v) is 17.6. The summed E-state index contributed by atoms with van der Waals surface area (Å²) in [6.45, 7) is 1.73. The molecule has 9 heteroatoms. The molecule has 30 heavy (non-hydrogen) atoms. The molecule has 1 N–H and O–H groups in total. The van der Waals surface area contributed by atoms with E-state index in [2.05, 4.69) is 15.3 Å². The number of hydrogen-bond donors (Lipinski definition) is 1. The fraction of sp³-hybridized carbons (Fsp3) is 0.286. The van der Waals surface area contributed by atoms with Gasteiger partial charge in [-0.25, -0.2) is 14.4 Å². The van der Waals surface area contributed by atoms with E-state index in [-0.39, 0.29) is 27.4 Å². The summed E-state index contributed by atoms with van der Waals surface area (Å²) < 4.78 is 26.2. The molecule has 0 radical (unpaired) electrons. The third kappa shape index (κ3) is 3.93. The maximum atomic E-state index is 14.6. The highest BCUT2D eigenvalue weighted by molar-refractivity contribution is 6.42. The van der Waals surface area contributed by atoms with Crippen LogP contribution in [0.3, 0.4) is 0 Å². The molecule has 0 atom stereocenters. The number of ketones is 1. The van der Waals surface area contributed by atoms with Gasteiger partial charge in [-0.15, -0.1) is 0 Å². The Bertz CT molecular complexity index is 1120. The Balaban J connectivity index is 1.79. The summed E-state index contributed by atoms with van der Waals surface area (Å²) in [5, 5.41) is 3.43. The van der Waals surface area contributed by atoms with E-state index in [4.69, 9.17) is 32.7 Å². The van der Waals surface area contributed by atoms with Gasteiger partial charge in [-0.3, -0.25) is 4.79 Å². The summed E-state index contributed by atoms with van der Waals surface area (Å²) in [6, 6.07) is 6.00. The number of fused-ring (bicyclic) bond motifs is 1. The van der Waals surface area contributed by atoms with Crippen molar-refractivity contribution in [1.82, 2.24) is 15.3 Å². The van der Waals surface area contributed by atoms with Gasteiger partial charge in [0.1, 0.15) is 18.1 Å². The van der Waals surface area contributed by atoms with Gasteiger partial charge in [0.15, 0.2) is 17.3 Å². The lowest BCUT2D eigenvalue weighted by Gasteiger charge is -2.25. The highest BCUT2D eigenvalue weighted by Crippen LogP contribution is 2.35. The van der Waals surface area contributed by atoms with Gasteiger partial charge in [0, 0.05) is 11.5 Å². The molecule has 0 aliphatic carbocycles. The van der Waals surface area contributed by atoms with E-state index in [9.17, 15) is 9.18 Å². The predicted octanol–water partition coefficient (Wildman–Crippen LogP) is 4.45. The van der Waals surface area contributed by atoms with Gasteiger partial charge >= 0.3 is 0 Å². The molecule has 0 bridgehead atoms. The molecule has 0 unspecified atom stereocenters. The van der Waals surface area contributed by atoms with Crippen molar-refractivity contribution in [1.29, 1.82) is 0 Å². The number of nitrogens with zero attached hydrogens (tertiary/aromatic N) is 2. The second-order valence-electron chi connectivity index (χ2n) is 6.86. The van der Waals surface area contributed by atoms with Crippen LogP contribution in [0.5, 0.6) is 11.5 Å². The topological polar surface area (TPSA) is 73.3 Å². The van der Waals surface area contributed by atoms with Crippen LogP contribution in [0, 0.1) is 5.82 Å². The summed E-state index contributed by atoms with van der Waals surface area (Å²) >= 11 is 11.7. The summed E-state index contributed by atoms with van der Waals surface area (Å²) in [7, 11) is 1.54. The Morgan fingerprint density at radius 3 is 2.67 bits per heavy atom. The number of ether oxygens (including phenoxy) is 2. The third-order valence-electron chi connectivity index (χ3n) is 5.00. The molecule has 1 saturated heterocycles. The van der Waals surface area contributed by atoms with Crippen molar-refractivity contribution < 1.29 is 18.7 Å². The molecule has 6 nitrogen and oxygen atoms in total. The van der Waals surface area contributed by atoms with E-state index in [0.29, 0.717) is 22.4 Å². The molecule has 2 aromatic carbocycles. The molecule has 1 aromatic heterocycles. The first kappa shape index (κ1) is 20.8. The smallest absolute Gasteiger partial charge is 0.215 e. The molecule has 1 fully saturated rings. The Hall–Kier alpha value is -2.48. The molecule has 156 valence electrons. The molecular formula is C21H18Cl2FN3O3. The zero-order chi connectivity index (χ0) is 21.3. The molecule has 3 aromatic rings. The van der Waals surface area contributed by atoms with E-state index in [0.717, 1.165) is 25.9 Å². The van der Waals surface area contributed by atoms with Crippen LogP contribution in [0.1, 0.15) is 28.9 Å². The molecule has 0 amide bonds. The van der Waals surface area contributed by atoms with E-state index in [1.54, 1.807) is 12.1 Å². The van der Waals surface area contributed by atoms with E-state index < -0.39 is 11.6 Å². The van der Waals surface area contributed by atoms with Crippen LogP contribution in [-0.4, -0.2) is 42.1 Å². The Morgan fingerprint density at radius 2 is 1.93 bits per heavy atom. The lowest BCUT2D eigenvalue weighted by molar-refractivity contribution is 0.103. The maximum absolute atomic E-state index is 14.6. The van der Waals surface area contributed by atoms with Gasteiger partial charge in [-0.1, -0.05) is 23.2 Å². The van der Waals surface area contributed by atoms with Crippen LogP contribution >= 0.6 is 23.2 Å². The molecule has 2 heterocycles. The summed E-state index contributed by atoms with van der Waals surface area (Å²) in [4.78, 5) is 21.4. The lowest BCUT2D eigenvalue weighted by Crippen LogP contribution is -2.34. The number of carbonyl (C=O) groups is 1. The van der Waals surface area contributed by atoms with Crippen LogP contribution in [-0.2, 0) is 0 Å². The summed E-state index contributed by atoms with van der Waals surface area (Å²) in [6.07, 6.45) is 2.98. The van der Waals surface area contributed by atoms with Crippen molar-refractivity contribution in [3.05, 3.63) is 57.7 Å². The lowest BCUT2D eigenvalue weighted by atomic mass is 10.0. The highest BCUT2D eigenvalue weighted by atomic mass is 35.5. The SMILES string of the molecule is COc1cc2ncnc(C(=O)c3ccc(Cl)c(Cl)c3F)c2cc1OC1CCNCC1. The molecule has 1 aliphatic heterocycles. The molecule has 0 saturated carbocycles. The number of benzene rings is 2. The second-order valence-corrected chi connectivity index (χ2v) is 7.65. The van der Waals surface area contributed by atoms with Crippen LogP contribution < -0.4 is 14.8 Å². The number of methoxy groups -OCH3 is 1. The van der Waals surface area contributed by atoms with Crippen molar-refractivity contribution in [2.24, 2.45) is 0 Å². The van der Waals surface area contributed by atoms with Crippen molar-refractivity contribution in [2.45, 2.75) is 18.9 Å². The van der Waals surface area contributed by atoms with Crippen molar-refractivity contribution in [2.75, 3.05) is 20.2 Å². The Morgan fingerprint density at radius 1 is 1.17 bits per heavy atom. The normalized spacial score (nSPS) is 14.7. The van der Waals surface area contributed by atoms with Gasteiger partial charge in [0.2, 0.25) is 5.78 Å². The quantitative estimate of drug-likeness (QED) is 0.458. The molecule has 0 spiro atoms. The Kier molecular flexibility index (Phi) is 6.04. The third-order valence-corrected chi connectivity index (χ3v) is 5.78. The minimum Gasteiger partial charge on any atom is -0.493 e. The first-order valence-electron chi connectivity index (χ1n) is 9.38. The van der Waals surface area contributed by atoms with E-state index in [1.807, 2.05) is 0 Å². The molecule has 4 rings (SSSR count). The van der Waals surface area contributed by atoms with Crippen LogP contribution in [0.2, 0.25) is 10.0 Å². The fourth-order valence-electron chi connectivity index (χ4n) is 3.42. The summed E-state index contributed by atoms with van der Waals surface area (Å²) in [5.41, 5.74) is 0.291. The van der Waals surface area contributed by atoms with Crippen molar-refractivity contribution in [3.8, 4) is 11.5 Å². The first-order chi connectivity index (χ1) is 14.5. The van der Waals surface area contributed by atoms with Crippen LogP contribution in [0.4, 0.5) is 4.39 Å². The van der Waals surface area contributed by atoms with Crippen LogP contribution in [0.15, 0.2) is 30.6 Å². The molecule has 1 aliphatic rings. The van der Waals surface area contributed by atoms with Crippen molar-refractivity contribution >= 4 is 39.9 Å². The zero-order valence-electron chi connectivity index (χ0n) is 16.0. The predicted molar refractivity (Wildman–Crippen MR) is 112 cm³/mol. The number of nitrogens with one attached hydrogen (secondary N) is 1. The standard InChI is InChI=1S/C21H18Cl2FN3O3/c1-29-16-9-15-13(8-17(16)30-11-4-6-25-7-5-11)20(27-10-26-15)21(28)12-2-3-14(22)18(23)19(12)24/h2-3,8-11,25H,4-7H2,1H3. The minimum atomic E-state index is -0.888. The van der Waals surface area contributed by atoms with E-state index >= 15 is 0 Å². The highest BCUT2D eigenvalue weighted by Gasteiger charge is 2.23. The second kappa shape index (κ2) is 8.71. The van der Waals surface area contributed by atoms with Gasteiger partial charge in [0.25, 0.3) is 0 Å². The average molecular weight is 450 g/mol. The number of halogens is 3. The number of carbonyl (C=O) groups excluding carboxylic acids is 1. The number of rotatable bonds is 5. The monoisotopic (exact) mass is 449 g/mol. The van der Waals surface area contributed by atoms with Gasteiger partial charge in [-0.05, 0) is 44.1 Å². The number of hydrogen-bond acceptors (Lipinski definition) is 6. The number of aromatic nitrogens is 2. The van der Waals surface area contributed by atoms with Gasteiger partial charge < -0.3 is 14.8 Å². The molecular weight excluding hydrogens is 432 g/mol.